The third-order valence-corrected chi connectivity index (χ3v) is 3.35. The van der Waals surface area contributed by atoms with Crippen molar-refractivity contribution in [2.75, 3.05) is 19.8 Å². The highest BCUT2D eigenvalue weighted by Crippen LogP contribution is 2.20. The maximum Gasteiger partial charge on any atom is 0.0484 e. The minimum absolute atomic E-state index is 0.406. The second-order valence-corrected chi connectivity index (χ2v) is 5.85. The maximum absolute atomic E-state index is 5.64. The van der Waals surface area contributed by atoms with Gasteiger partial charge in [-0.3, -0.25) is 0 Å². The molecule has 0 heterocycles. The first kappa shape index (κ1) is 17.2. The molecule has 0 saturated heterocycles. The van der Waals surface area contributed by atoms with Crippen molar-refractivity contribution in [3.63, 3.8) is 0 Å². The van der Waals surface area contributed by atoms with Gasteiger partial charge >= 0.3 is 0 Å². The van der Waals surface area contributed by atoms with E-state index < -0.39 is 0 Å². The Labute approximate surface area is 124 Å². The Balaban J connectivity index is 2.64. The molecule has 1 aromatic rings. The van der Waals surface area contributed by atoms with Crippen molar-refractivity contribution in [3.8, 4) is 0 Å². The first-order chi connectivity index (χ1) is 9.67. The minimum Gasteiger partial charge on any atom is -0.381 e. The summed E-state index contributed by atoms with van der Waals surface area (Å²) in [6, 6.07) is 9.41. The molecule has 0 saturated carbocycles. The minimum atomic E-state index is 0.406. The molecule has 0 aliphatic rings. The summed E-state index contributed by atoms with van der Waals surface area (Å²) < 4.78 is 5.64. The summed E-state index contributed by atoms with van der Waals surface area (Å²) in [5, 5.41) is 3.58. The van der Waals surface area contributed by atoms with Gasteiger partial charge in [-0.25, -0.2) is 0 Å². The van der Waals surface area contributed by atoms with Gasteiger partial charge in [0.1, 0.15) is 0 Å². The molecule has 0 aliphatic carbocycles. The zero-order chi connectivity index (χ0) is 14.8. The Morgan fingerprint density at radius 3 is 2.60 bits per heavy atom. The summed E-state index contributed by atoms with van der Waals surface area (Å²) in [6.45, 7) is 11.5. The largest absolute Gasteiger partial charge is 0.381 e. The van der Waals surface area contributed by atoms with Crippen LogP contribution in [-0.4, -0.2) is 19.8 Å². The summed E-state index contributed by atoms with van der Waals surface area (Å²) in [4.78, 5) is 0. The van der Waals surface area contributed by atoms with Crippen LogP contribution in [0.15, 0.2) is 24.3 Å². The molecule has 1 N–H and O–H groups in total. The van der Waals surface area contributed by atoms with Gasteiger partial charge in [-0.15, -0.1) is 0 Å². The van der Waals surface area contributed by atoms with E-state index in [4.69, 9.17) is 4.74 Å². The zero-order valence-corrected chi connectivity index (χ0v) is 13.6. The average molecular weight is 277 g/mol. The fourth-order valence-electron chi connectivity index (χ4n) is 2.49. The van der Waals surface area contributed by atoms with Crippen LogP contribution < -0.4 is 5.32 Å². The number of benzene rings is 1. The molecule has 0 bridgehead atoms. The maximum atomic E-state index is 5.64. The molecule has 0 aliphatic heterocycles. The fourth-order valence-corrected chi connectivity index (χ4v) is 2.49. The van der Waals surface area contributed by atoms with Crippen LogP contribution in [0.2, 0.25) is 0 Å². The molecule has 2 nitrogen and oxygen atoms in total. The van der Waals surface area contributed by atoms with Crippen molar-refractivity contribution in [1.29, 1.82) is 0 Å². The predicted molar refractivity (Wildman–Crippen MR) is 87.1 cm³/mol. The molecule has 2 heteroatoms. The molecule has 1 aromatic carbocycles. The Kier molecular flexibility index (Phi) is 8.56. The summed E-state index contributed by atoms with van der Waals surface area (Å²) >= 11 is 0. The zero-order valence-electron chi connectivity index (χ0n) is 13.6. The van der Waals surface area contributed by atoms with Crippen molar-refractivity contribution < 1.29 is 4.74 Å². The number of ether oxygens (including phenoxy) is 1. The molecule has 1 rings (SSSR count). The fraction of sp³-hybridized carbons (Fsp3) is 0.667. The third-order valence-electron chi connectivity index (χ3n) is 3.35. The lowest BCUT2D eigenvalue weighted by molar-refractivity contribution is 0.124. The van der Waals surface area contributed by atoms with Gasteiger partial charge in [0, 0.05) is 19.3 Å². The lowest BCUT2D eigenvalue weighted by atomic mass is 9.97. The van der Waals surface area contributed by atoms with E-state index in [2.05, 4.69) is 57.3 Å². The summed E-state index contributed by atoms with van der Waals surface area (Å²) in [7, 11) is 0. The molecule has 0 spiro atoms. The molecule has 1 atom stereocenters. The van der Waals surface area contributed by atoms with Gasteiger partial charge in [-0.1, -0.05) is 52.0 Å². The van der Waals surface area contributed by atoms with E-state index in [0.29, 0.717) is 12.0 Å². The highest BCUT2D eigenvalue weighted by atomic mass is 16.5. The molecule has 0 amide bonds. The van der Waals surface area contributed by atoms with Crippen LogP contribution >= 0.6 is 0 Å². The second kappa shape index (κ2) is 9.95. The van der Waals surface area contributed by atoms with E-state index in [1.165, 1.54) is 11.1 Å². The van der Waals surface area contributed by atoms with E-state index in [0.717, 1.165) is 39.0 Å². The smallest absolute Gasteiger partial charge is 0.0484 e. The van der Waals surface area contributed by atoms with Gasteiger partial charge in [0.05, 0.1) is 0 Å². The van der Waals surface area contributed by atoms with Crippen molar-refractivity contribution >= 4 is 0 Å². The van der Waals surface area contributed by atoms with Gasteiger partial charge in [0.25, 0.3) is 0 Å². The SMILES string of the molecule is CCCOCCC(NCC)c1cccc(CC(C)C)c1. The van der Waals surface area contributed by atoms with Gasteiger partial charge in [0.15, 0.2) is 0 Å². The lowest BCUT2D eigenvalue weighted by Gasteiger charge is -2.19. The van der Waals surface area contributed by atoms with Gasteiger partial charge in [-0.2, -0.15) is 0 Å². The van der Waals surface area contributed by atoms with Crippen molar-refractivity contribution in [1.82, 2.24) is 5.32 Å². The standard InChI is InChI=1S/C18H31NO/c1-5-11-20-12-10-18(19-6-2)17-9-7-8-16(14-17)13-15(3)4/h7-9,14-15,18-19H,5-6,10-13H2,1-4H3. The van der Waals surface area contributed by atoms with Crippen LogP contribution in [0.5, 0.6) is 0 Å². The highest BCUT2D eigenvalue weighted by Gasteiger charge is 2.11. The van der Waals surface area contributed by atoms with Gasteiger partial charge in [-0.05, 0) is 42.9 Å². The molecular weight excluding hydrogens is 246 g/mol. The monoisotopic (exact) mass is 277 g/mol. The van der Waals surface area contributed by atoms with Crippen molar-refractivity contribution in [2.24, 2.45) is 5.92 Å². The van der Waals surface area contributed by atoms with Crippen LogP contribution in [-0.2, 0) is 11.2 Å². The van der Waals surface area contributed by atoms with Crippen LogP contribution in [0, 0.1) is 5.92 Å². The first-order valence-electron chi connectivity index (χ1n) is 8.07. The van der Waals surface area contributed by atoms with Gasteiger partial charge < -0.3 is 10.1 Å². The quantitative estimate of drug-likeness (QED) is 0.642. The molecule has 0 fully saturated rings. The van der Waals surface area contributed by atoms with Gasteiger partial charge in [0.2, 0.25) is 0 Å². The van der Waals surface area contributed by atoms with Crippen LogP contribution in [0.1, 0.15) is 57.7 Å². The number of rotatable bonds is 10. The number of hydrogen-bond donors (Lipinski definition) is 1. The predicted octanol–water partition coefficient (Wildman–Crippen LogP) is 4.35. The molecule has 20 heavy (non-hydrogen) atoms. The molecule has 0 aromatic heterocycles. The molecular formula is C18H31NO. The van der Waals surface area contributed by atoms with E-state index in [1.54, 1.807) is 0 Å². The molecule has 1 unspecified atom stereocenters. The Hall–Kier alpha value is -0.860. The van der Waals surface area contributed by atoms with E-state index in [1.807, 2.05) is 0 Å². The van der Waals surface area contributed by atoms with Crippen LogP contribution in [0.4, 0.5) is 0 Å². The Bertz CT molecular complexity index is 362. The topological polar surface area (TPSA) is 21.3 Å². The summed E-state index contributed by atoms with van der Waals surface area (Å²) in [5.74, 6) is 0.704. The normalized spacial score (nSPS) is 12.8. The van der Waals surface area contributed by atoms with E-state index in [9.17, 15) is 0 Å². The second-order valence-electron chi connectivity index (χ2n) is 5.85. The van der Waals surface area contributed by atoms with E-state index >= 15 is 0 Å². The highest BCUT2D eigenvalue weighted by molar-refractivity contribution is 5.26. The first-order valence-corrected chi connectivity index (χ1v) is 8.07. The van der Waals surface area contributed by atoms with Crippen molar-refractivity contribution in [3.05, 3.63) is 35.4 Å². The Morgan fingerprint density at radius 1 is 1.15 bits per heavy atom. The Morgan fingerprint density at radius 2 is 1.95 bits per heavy atom. The number of nitrogens with one attached hydrogen (secondary N) is 1. The molecule has 114 valence electrons. The summed E-state index contributed by atoms with van der Waals surface area (Å²) in [6.07, 6.45) is 3.29. The van der Waals surface area contributed by atoms with E-state index in [-0.39, 0.29) is 0 Å². The summed E-state index contributed by atoms with van der Waals surface area (Å²) in [5.41, 5.74) is 2.83. The van der Waals surface area contributed by atoms with Crippen LogP contribution in [0.25, 0.3) is 0 Å². The third kappa shape index (κ3) is 6.53. The van der Waals surface area contributed by atoms with Crippen LogP contribution in [0.3, 0.4) is 0 Å². The molecule has 0 radical (unpaired) electrons. The van der Waals surface area contributed by atoms with Crippen molar-refractivity contribution in [2.45, 2.75) is 53.0 Å². The lowest BCUT2D eigenvalue weighted by Crippen LogP contribution is -2.22. The average Bonchev–Trinajstić information content (AvgIpc) is 2.42. The number of hydrogen-bond acceptors (Lipinski definition) is 2.